The van der Waals surface area contributed by atoms with E-state index in [4.69, 9.17) is 0 Å². The van der Waals surface area contributed by atoms with Gasteiger partial charge in [0, 0.05) is 32.9 Å². The van der Waals surface area contributed by atoms with Gasteiger partial charge in [-0.1, -0.05) is 12.1 Å². The van der Waals surface area contributed by atoms with Crippen LogP contribution >= 0.6 is 0 Å². The SMILES string of the molecule is Cc1ccc(CN(C)c2ncccc2C(=O)N2CCCCC2)cc1F. The van der Waals surface area contributed by atoms with E-state index in [0.29, 0.717) is 23.5 Å². The molecule has 0 atom stereocenters. The lowest BCUT2D eigenvalue weighted by Crippen LogP contribution is -2.36. The minimum atomic E-state index is -0.212. The molecule has 132 valence electrons. The van der Waals surface area contributed by atoms with Crippen molar-refractivity contribution >= 4 is 11.7 Å². The second kappa shape index (κ2) is 7.64. The van der Waals surface area contributed by atoms with Gasteiger partial charge in [-0.15, -0.1) is 0 Å². The van der Waals surface area contributed by atoms with E-state index >= 15 is 0 Å². The monoisotopic (exact) mass is 341 g/mol. The summed E-state index contributed by atoms with van der Waals surface area (Å²) < 4.78 is 13.8. The maximum atomic E-state index is 13.8. The maximum Gasteiger partial charge on any atom is 0.257 e. The first-order valence-corrected chi connectivity index (χ1v) is 8.76. The fourth-order valence-corrected chi connectivity index (χ4v) is 3.22. The molecule has 0 unspecified atom stereocenters. The number of aryl methyl sites for hydroxylation is 1. The number of hydrogen-bond donors (Lipinski definition) is 0. The smallest absolute Gasteiger partial charge is 0.257 e. The molecule has 0 N–H and O–H groups in total. The molecule has 0 spiro atoms. The standard InChI is InChI=1S/C20H24FN3O/c1-15-8-9-16(13-18(15)21)14-23(2)19-17(7-6-10-22-19)20(25)24-11-4-3-5-12-24/h6-10,13H,3-5,11-12,14H2,1-2H3. The summed E-state index contributed by atoms with van der Waals surface area (Å²) in [5.41, 5.74) is 2.09. The Morgan fingerprint density at radius 3 is 2.72 bits per heavy atom. The predicted octanol–water partition coefficient (Wildman–Crippen LogP) is 3.79. The van der Waals surface area contributed by atoms with Gasteiger partial charge in [0.25, 0.3) is 5.91 Å². The van der Waals surface area contributed by atoms with E-state index < -0.39 is 0 Å². The highest BCUT2D eigenvalue weighted by Crippen LogP contribution is 2.22. The fraction of sp³-hybridized carbons (Fsp3) is 0.400. The number of aromatic nitrogens is 1. The molecule has 25 heavy (non-hydrogen) atoms. The van der Waals surface area contributed by atoms with Crippen LogP contribution in [0, 0.1) is 12.7 Å². The Morgan fingerprint density at radius 2 is 2.00 bits per heavy atom. The van der Waals surface area contributed by atoms with E-state index in [1.54, 1.807) is 31.3 Å². The number of likely N-dealkylation sites (tertiary alicyclic amines) is 1. The van der Waals surface area contributed by atoms with Gasteiger partial charge in [0.05, 0.1) is 5.56 Å². The highest BCUT2D eigenvalue weighted by molar-refractivity contribution is 5.98. The average molecular weight is 341 g/mol. The lowest BCUT2D eigenvalue weighted by atomic mass is 10.1. The summed E-state index contributed by atoms with van der Waals surface area (Å²) in [5.74, 6) is 0.459. The molecule has 5 heteroatoms. The third-order valence-electron chi connectivity index (χ3n) is 4.68. The Labute approximate surface area is 148 Å². The lowest BCUT2D eigenvalue weighted by Gasteiger charge is -2.28. The van der Waals surface area contributed by atoms with E-state index in [1.807, 2.05) is 29.0 Å². The molecule has 4 nitrogen and oxygen atoms in total. The van der Waals surface area contributed by atoms with E-state index in [2.05, 4.69) is 4.98 Å². The van der Waals surface area contributed by atoms with Crippen LogP contribution in [0.4, 0.5) is 10.2 Å². The number of carbonyl (C=O) groups is 1. The van der Waals surface area contributed by atoms with Gasteiger partial charge in [0.1, 0.15) is 11.6 Å². The van der Waals surface area contributed by atoms with Crippen LogP contribution in [-0.2, 0) is 6.54 Å². The van der Waals surface area contributed by atoms with Gasteiger partial charge in [-0.3, -0.25) is 4.79 Å². The maximum absolute atomic E-state index is 13.8. The first kappa shape index (κ1) is 17.4. The van der Waals surface area contributed by atoms with E-state index in [-0.39, 0.29) is 11.7 Å². The lowest BCUT2D eigenvalue weighted by molar-refractivity contribution is 0.0724. The van der Waals surface area contributed by atoms with Gasteiger partial charge in [-0.2, -0.15) is 0 Å². The molecule has 1 aliphatic heterocycles. The van der Waals surface area contributed by atoms with Gasteiger partial charge < -0.3 is 9.80 Å². The van der Waals surface area contributed by atoms with E-state index in [9.17, 15) is 9.18 Å². The largest absolute Gasteiger partial charge is 0.355 e. The van der Waals surface area contributed by atoms with Crippen LogP contribution in [0.15, 0.2) is 36.5 Å². The van der Waals surface area contributed by atoms with Crippen molar-refractivity contribution in [3.05, 3.63) is 59.0 Å². The average Bonchev–Trinajstić information content (AvgIpc) is 2.65. The summed E-state index contributed by atoms with van der Waals surface area (Å²) in [6.07, 6.45) is 4.98. The van der Waals surface area contributed by atoms with Crippen molar-refractivity contribution in [2.75, 3.05) is 25.0 Å². The van der Waals surface area contributed by atoms with Crippen molar-refractivity contribution in [2.24, 2.45) is 0 Å². The minimum absolute atomic E-state index is 0.0322. The summed E-state index contributed by atoms with van der Waals surface area (Å²) >= 11 is 0. The number of halogens is 1. The molecule has 2 heterocycles. The zero-order valence-electron chi connectivity index (χ0n) is 14.8. The van der Waals surface area contributed by atoms with Crippen LogP contribution in [0.3, 0.4) is 0 Å². The minimum Gasteiger partial charge on any atom is -0.355 e. The molecule has 0 bridgehead atoms. The van der Waals surface area contributed by atoms with Crippen molar-refractivity contribution in [2.45, 2.75) is 32.7 Å². The zero-order chi connectivity index (χ0) is 17.8. The molecule has 1 saturated heterocycles. The first-order valence-electron chi connectivity index (χ1n) is 8.76. The fourth-order valence-electron chi connectivity index (χ4n) is 3.22. The van der Waals surface area contributed by atoms with Gasteiger partial charge >= 0.3 is 0 Å². The number of nitrogens with zero attached hydrogens (tertiary/aromatic N) is 3. The van der Waals surface area contributed by atoms with Gasteiger partial charge in [0.2, 0.25) is 0 Å². The summed E-state index contributed by atoms with van der Waals surface area (Å²) in [6.45, 7) is 3.85. The quantitative estimate of drug-likeness (QED) is 0.849. The van der Waals surface area contributed by atoms with Crippen LogP contribution in [0.1, 0.15) is 40.7 Å². The zero-order valence-corrected chi connectivity index (χ0v) is 14.8. The van der Waals surface area contributed by atoms with Crippen molar-refractivity contribution in [1.82, 2.24) is 9.88 Å². The molecule has 2 aromatic rings. The second-order valence-electron chi connectivity index (χ2n) is 6.67. The molecular formula is C20H24FN3O. The molecule has 1 fully saturated rings. The van der Waals surface area contributed by atoms with Crippen molar-refractivity contribution in [3.63, 3.8) is 0 Å². The Morgan fingerprint density at radius 1 is 1.24 bits per heavy atom. The van der Waals surface area contributed by atoms with Gasteiger partial charge in [-0.05, 0) is 55.5 Å². The van der Waals surface area contributed by atoms with Crippen LogP contribution < -0.4 is 4.90 Å². The number of benzene rings is 1. The van der Waals surface area contributed by atoms with E-state index in [0.717, 1.165) is 31.5 Å². The first-order chi connectivity index (χ1) is 12.1. The molecule has 0 saturated carbocycles. The van der Waals surface area contributed by atoms with Crippen LogP contribution in [0.5, 0.6) is 0 Å². The third kappa shape index (κ3) is 3.98. The Kier molecular flexibility index (Phi) is 5.31. The number of hydrogen-bond acceptors (Lipinski definition) is 3. The second-order valence-corrected chi connectivity index (χ2v) is 6.67. The highest BCUT2D eigenvalue weighted by atomic mass is 19.1. The normalized spacial score (nSPS) is 14.4. The molecule has 1 amide bonds. The molecule has 1 aromatic carbocycles. The van der Waals surface area contributed by atoms with Gasteiger partial charge in [0.15, 0.2) is 0 Å². The Balaban J connectivity index is 1.81. The number of amides is 1. The van der Waals surface area contributed by atoms with Crippen molar-refractivity contribution in [1.29, 1.82) is 0 Å². The number of piperidine rings is 1. The summed E-state index contributed by atoms with van der Waals surface area (Å²) in [5, 5.41) is 0. The molecular weight excluding hydrogens is 317 g/mol. The van der Waals surface area contributed by atoms with Crippen LogP contribution in [0.25, 0.3) is 0 Å². The number of rotatable bonds is 4. The Hall–Kier alpha value is -2.43. The predicted molar refractivity (Wildman–Crippen MR) is 97.2 cm³/mol. The molecule has 1 aromatic heterocycles. The summed E-state index contributed by atoms with van der Waals surface area (Å²) in [4.78, 5) is 21.1. The molecule has 3 rings (SSSR count). The highest BCUT2D eigenvalue weighted by Gasteiger charge is 2.22. The molecule has 0 radical (unpaired) electrons. The van der Waals surface area contributed by atoms with Gasteiger partial charge in [-0.25, -0.2) is 9.37 Å². The summed E-state index contributed by atoms with van der Waals surface area (Å²) in [6, 6.07) is 8.84. The number of pyridine rings is 1. The van der Waals surface area contributed by atoms with Crippen LogP contribution in [-0.4, -0.2) is 35.9 Å². The van der Waals surface area contributed by atoms with Crippen molar-refractivity contribution < 1.29 is 9.18 Å². The number of anilines is 1. The Bertz CT molecular complexity index is 756. The third-order valence-corrected chi connectivity index (χ3v) is 4.68. The van der Waals surface area contributed by atoms with Crippen LogP contribution in [0.2, 0.25) is 0 Å². The topological polar surface area (TPSA) is 36.4 Å². The summed E-state index contributed by atoms with van der Waals surface area (Å²) in [7, 11) is 1.88. The molecule has 0 aliphatic carbocycles. The van der Waals surface area contributed by atoms with E-state index in [1.165, 1.54) is 6.42 Å². The number of carbonyl (C=O) groups excluding carboxylic acids is 1. The molecule has 1 aliphatic rings. The van der Waals surface area contributed by atoms with Crippen molar-refractivity contribution in [3.8, 4) is 0 Å².